The maximum absolute atomic E-state index is 13.1. The van der Waals surface area contributed by atoms with Crippen molar-refractivity contribution >= 4 is 46.6 Å². The Morgan fingerprint density at radius 2 is 1.80 bits per heavy atom. The van der Waals surface area contributed by atoms with Crippen molar-refractivity contribution < 1.29 is 9.53 Å². The number of amides is 1. The maximum Gasteiger partial charge on any atom is 0.287 e. The molecule has 4 rings (SSSR count). The Labute approximate surface area is 193 Å². The van der Waals surface area contributed by atoms with Gasteiger partial charge in [0, 0.05) is 17.3 Å². The van der Waals surface area contributed by atoms with Crippen molar-refractivity contribution in [2.75, 3.05) is 32.0 Å². The zero-order valence-electron chi connectivity index (χ0n) is 16.7. The minimum atomic E-state index is -0.160. The summed E-state index contributed by atoms with van der Waals surface area (Å²) in [6.45, 7) is 3.10. The molecule has 30 heavy (non-hydrogen) atoms. The van der Waals surface area contributed by atoms with Crippen molar-refractivity contribution in [2.24, 2.45) is 0 Å². The highest BCUT2D eigenvalue weighted by Crippen LogP contribution is 2.35. The third kappa shape index (κ3) is 5.33. The van der Waals surface area contributed by atoms with Gasteiger partial charge in [-0.1, -0.05) is 60.1 Å². The summed E-state index contributed by atoms with van der Waals surface area (Å²) in [5.41, 5.74) is 2.08. The smallest absolute Gasteiger partial charge is 0.287 e. The van der Waals surface area contributed by atoms with Gasteiger partial charge < -0.3 is 10.1 Å². The second kappa shape index (κ2) is 11.1. The first-order chi connectivity index (χ1) is 14.2. The number of carbonyl (C=O) groups excluding carboxylic acids is 1. The van der Waals surface area contributed by atoms with Gasteiger partial charge in [-0.2, -0.15) is 0 Å². The molecule has 1 unspecified atom stereocenters. The Kier molecular flexibility index (Phi) is 8.51. The molecule has 7 heteroatoms. The summed E-state index contributed by atoms with van der Waals surface area (Å²) in [5.74, 6) is 1.11. The Hall–Kier alpha value is -1.66. The predicted octanol–water partition coefficient (Wildman–Crippen LogP) is 5.15. The van der Waals surface area contributed by atoms with Gasteiger partial charge in [0.15, 0.2) is 5.76 Å². The number of likely N-dealkylation sites (tertiary alicyclic amines) is 1. The summed E-state index contributed by atoms with van der Waals surface area (Å²) in [6.07, 6.45) is 2.36. The van der Waals surface area contributed by atoms with Crippen molar-refractivity contribution in [2.45, 2.75) is 18.9 Å². The van der Waals surface area contributed by atoms with Crippen LogP contribution in [0, 0.1) is 0 Å². The molecule has 2 aliphatic rings. The lowest BCUT2D eigenvalue weighted by atomic mass is 10.1. The van der Waals surface area contributed by atoms with E-state index >= 15 is 0 Å². The average Bonchev–Trinajstić information content (AvgIpc) is 3.30. The van der Waals surface area contributed by atoms with E-state index in [1.165, 1.54) is 12.8 Å². The molecule has 0 aromatic heterocycles. The van der Waals surface area contributed by atoms with Crippen LogP contribution in [0.15, 0.2) is 60.4 Å². The number of benzene rings is 2. The molecule has 2 aromatic carbocycles. The van der Waals surface area contributed by atoms with Gasteiger partial charge >= 0.3 is 0 Å². The lowest BCUT2D eigenvalue weighted by Gasteiger charge is -2.29. The van der Waals surface area contributed by atoms with Crippen molar-refractivity contribution in [1.82, 2.24) is 10.2 Å². The molecular weight excluding hydrogens is 439 g/mol. The van der Waals surface area contributed by atoms with Gasteiger partial charge in [-0.3, -0.25) is 9.69 Å². The van der Waals surface area contributed by atoms with E-state index in [4.69, 9.17) is 16.3 Å². The summed E-state index contributed by atoms with van der Waals surface area (Å²) in [7, 11) is 0. The number of hydrogen-bond acceptors (Lipinski definition) is 4. The van der Waals surface area contributed by atoms with Gasteiger partial charge in [-0.15, -0.1) is 24.2 Å². The molecule has 2 heterocycles. The number of rotatable bonds is 6. The molecule has 0 radical (unpaired) electrons. The molecule has 1 fully saturated rings. The van der Waals surface area contributed by atoms with Crippen LogP contribution in [0.2, 0.25) is 5.02 Å². The highest BCUT2D eigenvalue weighted by molar-refractivity contribution is 8.08. The molecule has 0 spiro atoms. The Morgan fingerprint density at radius 3 is 2.53 bits per heavy atom. The lowest BCUT2D eigenvalue weighted by molar-refractivity contribution is -0.121. The van der Waals surface area contributed by atoms with E-state index in [1.807, 2.05) is 48.5 Å². The van der Waals surface area contributed by atoms with Crippen LogP contribution < -0.4 is 5.32 Å². The third-order valence-corrected chi connectivity index (χ3v) is 6.75. The number of nitrogens with one attached hydrogen (secondary N) is 1. The second-order valence-corrected chi connectivity index (χ2v) is 8.72. The van der Waals surface area contributed by atoms with E-state index in [2.05, 4.69) is 16.3 Å². The minimum Gasteiger partial charge on any atom is -0.486 e. The zero-order chi connectivity index (χ0) is 20.1. The number of hydrogen-bond donors (Lipinski definition) is 1. The van der Waals surface area contributed by atoms with Crippen LogP contribution in [0.1, 0.15) is 30.0 Å². The van der Waals surface area contributed by atoms with E-state index in [0.717, 1.165) is 39.9 Å². The maximum atomic E-state index is 13.1. The van der Waals surface area contributed by atoms with E-state index in [9.17, 15) is 4.79 Å². The van der Waals surface area contributed by atoms with Crippen LogP contribution in [0.5, 0.6) is 0 Å². The molecule has 2 aliphatic heterocycles. The topological polar surface area (TPSA) is 41.6 Å². The lowest BCUT2D eigenvalue weighted by Crippen LogP contribution is -2.38. The first-order valence-electron chi connectivity index (χ1n) is 10.1. The number of ether oxygens (including phenoxy) is 1. The van der Waals surface area contributed by atoms with E-state index in [0.29, 0.717) is 18.9 Å². The van der Waals surface area contributed by atoms with Gasteiger partial charge in [0.05, 0.1) is 17.6 Å². The average molecular weight is 465 g/mol. The first kappa shape index (κ1) is 23.0. The highest BCUT2D eigenvalue weighted by atomic mass is 35.5. The van der Waals surface area contributed by atoms with Gasteiger partial charge in [-0.05, 0) is 43.1 Å². The molecule has 1 amide bonds. The third-order valence-electron chi connectivity index (χ3n) is 5.33. The predicted molar refractivity (Wildman–Crippen MR) is 127 cm³/mol. The summed E-state index contributed by atoms with van der Waals surface area (Å²) < 4.78 is 5.80. The van der Waals surface area contributed by atoms with E-state index in [1.54, 1.807) is 11.8 Å². The van der Waals surface area contributed by atoms with Crippen molar-refractivity contribution in [3.8, 4) is 0 Å². The molecule has 0 bridgehead atoms. The van der Waals surface area contributed by atoms with Crippen LogP contribution in [0.25, 0.3) is 4.91 Å². The number of carbonyl (C=O) groups is 1. The monoisotopic (exact) mass is 464 g/mol. The molecule has 1 saturated heterocycles. The summed E-state index contributed by atoms with van der Waals surface area (Å²) in [4.78, 5) is 16.4. The zero-order valence-corrected chi connectivity index (χ0v) is 19.1. The summed E-state index contributed by atoms with van der Waals surface area (Å²) in [5, 5.41) is 3.86. The molecule has 1 N–H and O–H groups in total. The number of nitrogens with zero attached hydrogens (tertiary/aromatic N) is 1. The van der Waals surface area contributed by atoms with Crippen molar-refractivity contribution in [3.05, 3.63) is 76.5 Å². The van der Waals surface area contributed by atoms with Crippen LogP contribution in [0.3, 0.4) is 0 Å². The molecule has 4 nitrogen and oxygen atoms in total. The molecule has 0 aliphatic carbocycles. The van der Waals surface area contributed by atoms with Gasteiger partial charge in [0.1, 0.15) is 0 Å². The SMILES string of the molecule is Cl.O=C(NCC(c1ccccc1Cl)N1CCCC1)C1=C(c2ccccc2)SCCO1. The molecular formula is C23H26Cl2N2O2S. The summed E-state index contributed by atoms with van der Waals surface area (Å²) >= 11 is 8.16. The highest BCUT2D eigenvalue weighted by Gasteiger charge is 2.28. The fraction of sp³-hybridized carbons (Fsp3) is 0.348. The van der Waals surface area contributed by atoms with Crippen LogP contribution >= 0.6 is 35.8 Å². The molecule has 1 atom stereocenters. The van der Waals surface area contributed by atoms with Crippen LogP contribution in [-0.2, 0) is 9.53 Å². The van der Waals surface area contributed by atoms with Crippen LogP contribution in [0.4, 0.5) is 0 Å². The van der Waals surface area contributed by atoms with Crippen molar-refractivity contribution in [1.29, 1.82) is 0 Å². The van der Waals surface area contributed by atoms with Crippen LogP contribution in [-0.4, -0.2) is 42.8 Å². The molecule has 0 saturated carbocycles. The number of halogens is 2. The standard InChI is InChI=1S/C23H25ClN2O2S.ClH/c24-19-11-5-4-10-18(19)20(26-12-6-7-13-26)16-25-23(27)21-22(29-15-14-28-21)17-8-2-1-3-9-17;/h1-5,8-11,20H,6-7,12-16H2,(H,25,27);1H. The largest absolute Gasteiger partial charge is 0.486 e. The van der Waals surface area contributed by atoms with Crippen molar-refractivity contribution in [3.63, 3.8) is 0 Å². The Morgan fingerprint density at radius 1 is 1.10 bits per heavy atom. The normalized spacial score (nSPS) is 17.8. The van der Waals surface area contributed by atoms with E-state index < -0.39 is 0 Å². The Balaban J connectivity index is 0.00000256. The molecule has 2 aromatic rings. The second-order valence-electron chi connectivity index (χ2n) is 7.21. The van der Waals surface area contributed by atoms with E-state index in [-0.39, 0.29) is 24.4 Å². The summed E-state index contributed by atoms with van der Waals surface area (Å²) in [6, 6.07) is 17.9. The fourth-order valence-electron chi connectivity index (χ4n) is 3.90. The van der Waals surface area contributed by atoms with Gasteiger partial charge in [0.2, 0.25) is 0 Å². The Bertz CT molecular complexity index is 886. The fourth-order valence-corrected chi connectivity index (χ4v) is 5.11. The number of thioether (sulfide) groups is 1. The quantitative estimate of drug-likeness (QED) is 0.641. The van der Waals surface area contributed by atoms with Gasteiger partial charge in [0.25, 0.3) is 5.91 Å². The first-order valence-corrected chi connectivity index (χ1v) is 11.4. The minimum absolute atomic E-state index is 0. The molecule has 160 valence electrons. The van der Waals surface area contributed by atoms with Gasteiger partial charge in [-0.25, -0.2) is 0 Å².